The summed E-state index contributed by atoms with van der Waals surface area (Å²) in [5, 5.41) is 12.8. The fraction of sp³-hybridized carbons (Fsp3) is 0.588. The van der Waals surface area contributed by atoms with E-state index in [1.54, 1.807) is 0 Å². The number of hydrogen-bond acceptors (Lipinski definition) is 2. The summed E-state index contributed by atoms with van der Waals surface area (Å²) < 4.78 is 0. The second-order valence-electron chi connectivity index (χ2n) is 5.92. The lowest BCUT2D eigenvalue weighted by atomic mass is 9.95. The molecule has 0 aliphatic heterocycles. The summed E-state index contributed by atoms with van der Waals surface area (Å²) in [6.45, 7) is 5.07. The van der Waals surface area contributed by atoms with Crippen LogP contribution in [0.15, 0.2) is 24.3 Å². The molecule has 20 heavy (non-hydrogen) atoms. The Morgan fingerprint density at radius 1 is 1.35 bits per heavy atom. The highest BCUT2D eigenvalue weighted by molar-refractivity contribution is 5.70. The first kappa shape index (κ1) is 15.0. The SMILES string of the molecule is CCC(NCC1CCCC1C(=O)O)c1ccc(C)cc1. The number of aliphatic carboxylic acids is 1. The fourth-order valence-electron chi connectivity index (χ4n) is 3.20. The Morgan fingerprint density at radius 3 is 2.65 bits per heavy atom. The zero-order chi connectivity index (χ0) is 14.5. The lowest BCUT2D eigenvalue weighted by Crippen LogP contribution is -2.31. The summed E-state index contributed by atoms with van der Waals surface area (Å²) in [4.78, 5) is 11.2. The largest absolute Gasteiger partial charge is 0.481 e. The molecule has 2 N–H and O–H groups in total. The van der Waals surface area contributed by atoms with Gasteiger partial charge in [-0.3, -0.25) is 4.79 Å². The van der Waals surface area contributed by atoms with Crippen LogP contribution in [-0.4, -0.2) is 17.6 Å². The molecule has 0 radical (unpaired) electrons. The van der Waals surface area contributed by atoms with Gasteiger partial charge in [-0.25, -0.2) is 0 Å². The predicted octanol–water partition coefficient (Wildman–Crippen LogP) is 3.54. The lowest BCUT2D eigenvalue weighted by Gasteiger charge is -2.22. The lowest BCUT2D eigenvalue weighted by molar-refractivity contribution is -0.142. The molecule has 0 amide bonds. The molecular weight excluding hydrogens is 250 g/mol. The van der Waals surface area contributed by atoms with E-state index in [4.69, 9.17) is 0 Å². The standard InChI is InChI=1S/C17H25NO2/c1-3-16(13-9-7-12(2)8-10-13)18-11-14-5-4-6-15(14)17(19)20/h7-10,14-16,18H,3-6,11H2,1-2H3,(H,19,20). The van der Waals surface area contributed by atoms with Crippen LogP contribution in [0.25, 0.3) is 0 Å². The van der Waals surface area contributed by atoms with Gasteiger partial charge in [0.1, 0.15) is 0 Å². The number of carboxylic acid groups (broad SMARTS) is 1. The summed E-state index contributed by atoms with van der Waals surface area (Å²) in [5.41, 5.74) is 2.56. The van der Waals surface area contributed by atoms with Crippen molar-refractivity contribution in [3.63, 3.8) is 0 Å². The Labute approximate surface area is 121 Å². The molecule has 1 aliphatic rings. The van der Waals surface area contributed by atoms with Gasteiger partial charge >= 0.3 is 5.97 Å². The monoisotopic (exact) mass is 275 g/mol. The van der Waals surface area contributed by atoms with Gasteiger partial charge in [-0.05, 0) is 44.2 Å². The Balaban J connectivity index is 1.94. The maximum absolute atomic E-state index is 11.2. The first-order valence-corrected chi connectivity index (χ1v) is 7.64. The maximum Gasteiger partial charge on any atom is 0.306 e. The molecule has 110 valence electrons. The number of aryl methyl sites for hydroxylation is 1. The van der Waals surface area contributed by atoms with Crippen molar-refractivity contribution < 1.29 is 9.90 Å². The van der Waals surface area contributed by atoms with Crippen LogP contribution < -0.4 is 5.32 Å². The average molecular weight is 275 g/mol. The van der Waals surface area contributed by atoms with E-state index in [-0.39, 0.29) is 11.8 Å². The first-order chi connectivity index (χ1) is 9.61. The van der Waals surface area contributed by atoms with Crippen molar-refractivity contribution in [2.24, 2.45) is 11.8 Å². The van der Waals surface area contributed by atoms with Crippen LogP contribution in [0, 0.1) is 18.8 Å². The Morgan fingerprint density at radius 2 is 2.05 bits per heavy atom. The van der Waals surface area contributed by atoms with Crippen molar-refractivity contribution in [2.45, 2.75) is 45.6 Å². The third-order valence-corrected chi connectivity index (χ3v) is 4.49. The van der Waals surface area contributed by atoms with Gasteiger partial charge in [-0.15, -0.1) is 0 Å². The molecule has 1 aliphatic carbocycles. The second-order valence-corrected chi connectivity index (χ2v) is 5.92. The fourth-order valence-corrected chi connectivity index (χ4v) is 3.20. The minimum atomic E-state index is -0.627. The van der Waals surface area contributed by atoms with Crippen molar-refractivity contribution in [3.8, 4) is 0 Å². The molecule has 0 bridgehead atoms. The minimum Gasteiger partial charge on any atom is -0.481 e. The first-order valence-electron chi connectivity index (χ1n) is 7.64. The molecule has 1 saturated carbocycles. The third-order valence-electron chi connectivity index (χ3n) is 4.49. The van der Waals surface area contributed by atoms with Crippen LogP contribution in [-0.2, 0) is 4.79 Å². The maximum atomic E-state index is 11.2. The minimum absolute atomic E-state index is 0.155. The van der Waals surface area contributed by atoms with Gasteiger partial charge in [-0.2, -0.15) is 0 Å². The molecule has 0 spiro atoms. The van der Waals surface area contributed by atoms with Crippen LogP contribution in [0.1, 0.15) is 49.8 Å². The Bertz CT molecular complexity index is 441. The molecule has 3 atom stereocenters. The van der Waals surface area contributed by atoms with E-state index in [1.165, 1.54) is 11.1 Å². The average Bonchev–Trinajstić information content (AvgIpc) is 2.90. The van der Waals surface area contributed by atoms with Gasteiger partial charge < -0.3 is 10.4 Å². The Kier molecular flexibility index (Phi) is 5.18. The molecule has 0 heterocycles. The van der Waals surface area contributed by atoms with E-state index < -0.39 is 5.97 Å². The van der Waals surface area contributed by atoms with Crippen LogP contribution in [0.2, 0.25) is 0 Å². The number of benzene rings is 1. The highest BCUT2D eigenvalue weighted by Crippen LogP contribution is 2.32. The molecule has 1 aromatic rings. The van der Waals surface area contributed by atoms with Crippen LogP contribution in [0.3, 0.4) is 0 Å². The quantitative estimate of drug-likeness (QED) is 0.835. The summed E-state index contributed by atoms with van der Waals surface area (Å²) in [5.74, 6) is -0.497. The van der Waals surface area contributed by atoms with Crippen LogP contribution in [0.4, 0.5) is 0 Å². The molecule has 1 aromatic carbocycles. The van der Waals surface area contributed by atoms with E-state index in [0.717, 1.165) is 32.2 Å². The van der Waals surface area contributed by atoms with Gasteiger partial charge in [0.05, 0.1) is 5.92 Å². The van der Waals surface area contributed by atoms with Gasteiger partial charge in [0.2, 0.25) is 0 Å². The summed E-state index contributed by atoms with van der Waals surface area (Å²) in [7, 11) is 0. The van der Waals surface area contributed by atoms with Crippen LogP contribution >= 0.6 is 0 Å². The molecular formula is C17H25NO2. The van der Waals surface area contributed by atoms with Crippen LogP contribution in [0.5, 0.6) is 0 Å². The number of hydrogen-bond donors (Lipinski definition) is 2. The van der Waals surface area contributed by atoms with E-state index in [1.807, 2.05) is 0 Å². The van der Waals surface area contributed by atoms with E-state index >= 15 is 0 Å². The van der Waals surface area contributed by atoms with Crippen molar-refractivity contribution in [3.05, 3.63) is 35.4 Å². The van der Waals surface area contributed by atoms with Crippen molar-refractivity contribution in [1.82, 2.24) is 5.32 Å². The van der Waals surface area contributed by atoms with Crippen molar-refractivity contribution in [1.29, 1.82) is 0 Å². The van der Waals surface area contributed by atoms with Gasteiger partial charge in [0, 0.05) is 6.04 Å². The van der Waals surface area contributed by atoms with Gasteiger partial charge in [0.25, 0.3) is 0 Å². The topological polar surface area (TPSA) is 49.3 Å². The van der Waals surface area contributed by atoms with Crippen molar-refractivity contribution >= 4 is 5.97 Å². The number of rotatable bonds is 6. The highest BCUT2D eigenvalue weighted by atomic mass is 16.4. The number of carbonyl (C=O) groups is 1. The molecule has 3 heteroatoms. The molecule has 2 rings (SSSR count). The summed E-state index contributed by atoms with van der Waals surface area (Å²) >= 11 is 0. The molecule has 3 unspecified atom stereocenters. The Hall–Kier alpha value is -1.35. The summed E-state index contributed by atoms with van der Waals surface area (Å²) in [6, 6.07) is 8.93. The highest BCUT2D eigenvalue weighted by Gasteiger charge is 2.32. The van der Waals surface area contributed by atoms with Crippen molar-refractivity contribution in [2.75, 3.05) is 6.54 Å². The molecule has 1 fully saturated rings. The van der Waals surface area contributed by atoms with Gasteiger partial charge in [0.15, 0.2) is 0 Å². The number of carboxylic acids is 1. The third kappa shape index (κ3) is 3.60. The summed E-state index contributed by atoms with van der Waals surface area (Å²) in [6.07, 6.45) is 3.94. The predicted molar refractivity (Wildman–Crippen MR) is 80.7 cm³/mol. The molecule has 0 aromatic heterocycles. The molecule has 0 saturated heterocycles. The second kappa shape index (κ2) is 6.89. The van der Waals surface area contributed by atoms with E-state index in [2.05, 4.69) is 43.4 Å². The molecule has 3 nitrogen and oxygen atoms in total. The van der Waals surface area contributed by atoms with Gasteiger partial charge in [-0.1, -0.05) is 43.2 Å². The van der Waals surface area contributed by atoms with E-state index in [9.17, 15) is 9.90 Å². The smallest absolute Gasteiger partial charge is 0.306 e. The normalized spacial score (nSPS) is 23.7. The zero-order valence-corrected chi connectivity index (χ0v) is 12.4. The van der Waals surface area contributed by atoms with E-state index in [0.29, 0.717) is 6.04 Å². The number of nitrogens with one attached hydrogen (secondary N) is 1. The zero-order valence-electron chi connectivity index (χ0n) is 12.4.